The quantitative estimate of drug-likeness (QED) is 0.121. The van der Waals surface area contributed by atoms with Crippen molar-refractivity contribution in [1.82, 2.24) is 10.6 Å². The second-order valence-electron chi connectivity index (χ2n) is 7.04. The van der Waals surface area contributed by atoms with Gasteiger partial charge in [0.25, 0.3) is 0 Å². The zero-order chi connectivity index (χ0) is 22.1. The lowest BCUT2D eigenvalue weighted by atomic mass is 10.0. The van der Waals surface area contributed by atoms with E-state index in [9.17, 15) is 24.9 Å². The predicted octanol–water partition coefficient (Wildman–Crippen LogP) is -1.00. The van der Waals surface area contributed by atoms with Crippen molar-refractivity contribution in [1.29, 1.82) is 0 Å². The Morgan fingerprint density at radius 1 is 1.07 bits per heavy atom. The summed E-state index contributed by atoms with van der Waals surface area (Å²) in [6.07, 6.45) is 1.14. The summed E-state index contributed by atoms with van der Waals surface area (Å²) < 4.78 is 10.5. The van der Waals surface area contributed by atoms with Crippen LogP contribution in [0.5, 0.6) is 0 Å². The SMILES string of the molecule is CC(=O)NC(C)C(O)C(O)C(CO)OCOCCCC(=O)NCCCCCCN. The Kier molecular flexibility index (Phi) is 16.8. The third kappa shape index (κ3) is 14.3. The summed E-state index contributed by atoms with van der Waals surface area (Å²) >= 11 is 0. The van der Waals surface area contributed by atoms with E-state index in [1.807, 2.05) is 0 Å². The van der Waals surface area contributed by atoms with Crippen LogP contribution in [-0.2, 0) is 19.1 Å². The lowest BCUT2D eigenvalue weighted by Crippen LogP contribution is -2.51. The number of rotatable bonds is 18. The molecule has 0 rings (SSSR count). The summed E-state index contributed by atoms with van der Waals surface area (Å²) in [5.41, 5.74) is 5.42. The van der Waals surface area contributed by atoms with Gasteiger partial charge in [0.1, 0.15) is 25.1 Å². The molecule has 4 unspecified atom stereocenters. The molecule has 0 aromatic rings. The molecule has 0 aliphatic carbocycles. The molecule has 0 aliphatic rings. The fourth-order valence-corrected chi connectivity index (χ4v) is 2.65. The topological polar surface area (TPSA) is 163 Å². The van der Waals surface area contributed by atoms with Crippen molar-refractivity contribution in [2.75, 3.05) is 33.1 Å². The van der Waals surface area contributed by atoms with Gasteiger partial charge < -0.3 is 41.2 Å². The number of aliphatic hydroxyl groups excluding tert-OH is 3. The molecule has 7 N–H and O–H groups in total. The van der Waals surface area contributed by atoms with E-state index in [0.717, 1.165) is 25.7 Å². The van der Waals surface area contributed by atoms with Gasteiger partial charge in [-0.1, -0.05) is 12.8 Å². The fourth-order valence-electron chi connectivity index (χ4n) is 2.65. The highest BCUT2D eigenvalue weighted by atomic mass is 16.7. The maximum absolute atomic E-state index is 11.7. The minimum atomic E-state index is -1.40. The van der Waals surface area contributed by atoms with Gasteiger partial charge in [-0.3, -0.25) is 9.59 Å². The van der Waals surface area contributed by atoms with Crippen molar-refractivity contribution < 1.29 is 34.4 Å². The summed E-state index contributed by atoms with van der Waals surface area (Å²) in [7, 11) is 0. The van der Waals surface area contributed by atoms with E-state index in [-0.39, 0.29) is 25.2 Å². The Hall–Kier alpha value is -1.30. The first-order chi connectivity index (χ1) is 13.8. The number of hydrogen-bond donors (Lipinski definition) is 6. The molecule has 0 aliphatic heterocycles. The molecule has 0 heterocycles. The van der Waals surface area contributed by atoms with Crippen molar-refractivity contribution in [3.63, 3.8) is 0 Å². The van der Waals surface area contributed by atoms with Gasteiger partial charge in [0.15, 0.2) is 0 Å². The molecule has 4 atom stereocenters. The average Bonchev–Trinajstić information content (AvgIpc) is 2.68. The maximum atomic E-state index is 11.7. The molecule has 0 bridgehead atoms. The second-order valence-corrected chi connectivity index (χ2v) is 7.04. The highest BCUT2D eigenvalue weighted by molar-refractivity contribution is 5.75. The Morgan fingerprint density at radius 3 is 2.38 bits per heavy atom. The third-order valence-electron chi connectivity index (χ3n) is 4.37. The summed E-state index contributed by atoms with van der Waals surface area (Å²) in [5.74, 6) is -0.378. The van der Waals surface area contributed by atoms with E-state index in [2.05, 4.69) is 10.6 Å². The van der Waals surface area contributed by atoms with Gasteiger partial charge in [0.2, 0.25) is 11.8 Å². The van der Waals surface area contributed by atoms with Gasteiger partial charge in [-0.2, -0.15) is 0 Å². The number of unbranched alkanes of at least 4 members (excludes halogenated alkanes) is 3. The molecule has 10 nitrogen and oxygen atoms in total. The van der Waals surface area contributed by atoms with E-state index in [1.54, 1.807) is 0 Å². The first kappa shape index (κ1) is 27.7. The lowest BCUT2D eigenvalue weighted by molar-refractivity contribution is -0.162. The number of nitrogens with one attached hydrogen (secondary N) is 2. The van der Waals surface area contributed by atoms with E-state index < -0.39 is 31.0 Å². The Bertz CT molecular complexity index is 440. The first-order valence-corrected chi connectivity index (χ1v) is 10.2. The van der Waals surface area contributed by atoms with Gasteiger partial charge in [-0.05, 0) is 32.7 Å². The molecule has 172 valence electrons. The normalized spacial score (nSPS) is 15.4. The molecule has 0 saturated carbocycles. The predicted molar refractivity (Wildman–Crippen MR) is 108 cm³/mol. The van der Waals surface area contributed by atoms with E-state index >= 15 is 0 Å². The summed E-state index contributed by atoms with van der Waals surface area (Å²) in [4.78, 5) is 22.7. The van der Waals surface area contributed by atoms with Gasteiger partial charge in [-0.25, -0.2) is 0 Å². The molecular weight excluding hydrogens is 382 g/mol. The molecule has 0 radical (unpaired) electrons. The van der Waals surface area contributed by atoms with E-state index in [1.165, 1.54) is 13.8 Å². The number of amides is 2. The van der Waals surface area contributed by atoms with E-state index in [4.69, 9.17) is 15.2 Å². The highest BCUT2D eigenvalue weighted by Crippen LogP contribution is 2.08. The van der Waals surface area contributed by atoms with Crippen LogP contribution in [0.25, 0.3) is 0 Å². The monoisotopic (exact) mass is 421 g/mol. The molecule has 0 saturated heterocycles. The highest BCUT2D eigenvalue weighted by Gasteiger charge is 2.31. The van der Waals surface area contributed by atoms with E-state index in [0.29, 0.717) is 25.9 Å². The zero-order valence-corrected chi connectivity index (χ0v) is 17.6. The van der Waals surface area contributed by atoms with Crippen molar-refractivity contribution >= 4 is 11.8 Å². The molecule has 0 spiro atoms. The van der Waals surface area contributed by atoms with Crippen LogP contribution in [0.4, 0.5) is 0 Å². The van der Waals surface area contributed by atoms with Crippen LogP contribution in [0.1, 0.15) is 52.4 Å². The number of hydrogen-bond acceptors (Lipinski definition) is 8. The molecule has 29 heavy (non-hydrogen) atoms. The van der Waals surface area contributed by atoms with Crippen molar-refractivity contribution in [3.8, 4) is 0 Å². The summed E-state index contributed by atoms with van der Waals surface area (Å²) in [6.45, 7) is 3.74. The average molecular weight is 422 g/mol. The van der Waals surface area contributed by atoms with Gasteiger partial charge in [0, 0.05) is 26.5 Å². The number of ether oxygens (including phenoxy) is 2. The zero-order valence-electron chi connectivity index (χ0n) is 17.6. The molecule has 0 fully saturated rings. The van der Waals surface area contributed by atoms with Crippen LogP contribution in [0.3, 0.4) is 0 Å². The molecule has 0 aromatic carbocycles. The van der Waals surface area contributed by atoms with Crippen LogP contribution in [0, 0.1) is 0 Å². The van der Waals surface area contributed by atoms with Crippen LogP contribution in [0.2, 0.25) is 0 Å². The second kappa shape index (κ2) is 17.5. The van der Waals surface area contributed by atoms with Crippen LogP contribution in [-0.4, -0.2) is 84.6 Å². The van der Waals surface area contributed by atoms with Crippen LogP contribution < -0.4 is 16.4 Å². The van der Waals surface area contributed by atoms with Crippen molar-refractivity contribution in [2.24, 2.45) is 5.73 Å². The third-order valence-corrected chi connectivity index (χ3v) is 4.37. The minimum absolute atomic E-state index is 0.0351. The molecule has 2 amide bonds. The largest absolute Gasteiger partial charge is 0.394 e. The smallest absolute Gasteiger partial charge is 0.220 e. The Labute approximate surface area is 173 Å². The number of carbonyl (C=O) groups excluding carboxylic acids is 2. The number of carbonyl (C=O) groups is 2. The fraction of sp³-hybridized carbons (Fsp3) is 0.895. The minimum Gasteiger partial charge on any atom is -0.394 e. The number of nitrogens with two attached hydrogens (primary N) is 1. The lowest BCUT2D eigenvalue weighted by Gasteiger charge is -2.29. The standard InChI is InChI=1S/C19H39N3O7/c1-14(22-15(2)24)18(26)19(27)16(12-23)29-13-28-11-7-8-17(25)21-10-6-4-3-5-9-20/h14,16,18-19,23,26-27H,3-13,20H2,1-2H3,(H,21,25)(H,22,24). The van der Waals surface area contributed by atoms with Gasteiger partial charge in [0.05, 0.1) is 12.6 Å². The van der Waals surface area contributed by atoms with Crippen molar-refractivity contribution in [2.45, 2.75) is 76.7 Å². The van der Waals surface area contributed by atoms with Crippen LogP contribution in [0.15, 0.2) is 0 Å². The Balaban J connectivity index is 3.85. The summed E-state index contributed by atoms with van der Waals surface area (Å²) in [6, 6.07) is -0.708. The maximum Gasteiger partial charge on any atom is 0.220 e. The number of aliphatic hydroxyl groups is 3. The van der Waals surface area contributed by atoms with Gasteiger partial charge >= 0.3 is 0 Å². The van der Waals surface area contributed by atoms with Gasteiger partial charge in [-0.15, -0.1) is 0 Å². The molecule has 10 heteroatoms. The molecular formula is C19H39N3O7. The molecule has 0 aromatic heterocycles. The first-order valence-electron chi connectivity index (χ1n) is 10.2. The Morgan fingerprint density at radius 2 is 1.76 bits per heavy atom. The summed E-state index contributed by atoms with van der Waals surface area (Å²) in [5, 5.41) is 34.8. The van der Waals surface area contributed by atoms with Crippen LogP contribution >= 0.6 is 0 Å². The van der Waals surface area contributed by atoms with Crippen molar-refractivity contribution in [3.05, 3.63) is 0 Å².